The van der Waals surface area contributed by atoms with Crippen molar-refractivity contribution in [3.8, 4) is 0 Å². The molecule has 1 aliphatic rings. The summed E-state index contributed by atoms with van der Waals surface area (Å²) >= 11 is 0. The fraction of sp³-hybridized carbons (Fsp3) is 0.538. The quantitative estimate of drug-likeness (QED) is 0.764. The Hall–Kier alpha value is -0.860. The van der Waals surface area contributed by atoms with Crippen LogP contribution in [0.15, 0.2) is 18.2 Å². The molecule has 1 heterocycles. The van der Waals surface area contributed by atoms with Crippen molar-refractivity contribution >= 4 is 0 Å². The molecule has 2 heteroatoms. The number of hydrogen-bond donors (Lipinski definition) is 1. The lowest BCUT2D eigenvalue weighted by Crippen LogP contribution is -2.34. The van der Waals surface area contributed by atoms with E-state index in [4.69, 9.17) is 10.5 Å². The molecule has 2 unspecified atom stereocenters. The number of aryl methyl sites for hydroxylation is 2. The lowest BCUT2D eigenvalue weighted by atomic mass is 9.94. The Labute approximate surface area is 91.4 Å². The lowest BCUT2D eigenvalue weighted by Gasteiger charge is -2.29. The van der Waals surface area contributed by atoms with E-state index in [0.717, 1.165) is 19.4 Å². The molecule has 0 saturated carbocycles. The van der Waals surface area contributed by atoms with Crippen molar-refractivity contribution in [2.75, 3.05) is 6.61 Å². The van der Waals surface area contributed by atoms with E-state index in [-0.39, 0.29) is 12.1 Å². The summed E-state index contributed by atoms with van der Waals surface area (Å²) in [4.78, 5) is 0. The normalized spacial score (nSPS) is 26.6. The van der Waals surface area contributed by atoms with Crippen LogP contribution in [-0.4, -0.2) is 12.6 Å². The third-order valence-electron chi connectivity index (χ3n) is 3.23. The molecule has 2 N–H and O–H groups in total. The molecule has 0 aromatic heterocycles. The monoisotopic (exact) mass is 205 g/mol. The molecular formula is C13H19NO. The van der Waals surface area contributed by atoms with Gasteiger partial charge in [-0.1, -0.05) is 18.2 Å². The summed E-state index contributed by atoms with van der Waals surface area (Å²) < 4.78 is 5.75. The van der Waals surface area contributed by atoms with E-state index in [1.54, 1.807) is 0 Å². The average molecular weight is 205 g/mol. The predicted octanol–water partition coefficient (Wildman–Crippen LogP) is 2.48. The van der Waals surface area contributed by atoms with E-state index < -0.39 is 0 Å². The summed E-state index contributed by atoms with van der Waals surface area (Å²) in [5.74, 6) is 0. The largest absolute Gasteiger partial charge is 0.372 e. The summed E-state index contributed by atoms with van der Waals surface area (Å²) in [6.07, 6.45) is 2.25. The molecule has 0 aliphatic carbocycles. The van der Waals surface area contributed by atoms with Gasteiger partial charge in [0.1, 0.15) is 0 Å². The van der Waals surface area contributed by atoms with Gasteiger partial charge in [-0.3, -0.25) is 0 Å². The molecule has 1 fully saturated rings. The van der Waals surface area contributed by atoms with Gasteiger partial charge < -0.3 is 10.5 Å². The molecule has 0 spiro atoms. The highest BCUT2D eigenvalue weighted by Gasteiger charge is 2.24. The third kappa shape index (κ3) is 2.21. The molecule has 1 aliphatic heterocycles. The molecule has 0 bridgehead atoms. The van der Waals surface area contributed by atoms with Crippen molar-refractivity contribution in [3.63, 3.8) is 0 Å². The van der Waals surface area contributed by atoms with Crippen LogP contribution in [0.5, 0.6) is 0 Å². The molecule has 1 aromatic rings. The van der Waals surface area contributed by atoms with E-state index >= 15 is 0 Å². The maximum absolute atomic E-state index is 6.07. The predicted molar refractivity (Wildman–Crippen MR) is 61.8 cm³/mol. The minimum atomic E-state index is 0.0954. The van der Waals surface area contributed by atoms with Crippen molar-refractivity contribution in [3.05, 3.63) is 34.9 Å². The van der Waals surface area contributed by atoms with Crippen LogP contribution in [0.4, 0.5) is 0 Å². The fourth-order valence-electron chi connectivity index (χ4n) is 2.09. The second-order valence-corrected chi connectivity index (χ2v) is 4.44. The number of nitrogens with two attached hydrogens (primary N) is 1. The molecule has 82 valence electrons. The van der Waals surface area contributed by atoms with Crippen LogP contribution in [0.1, 0.15) is 35.6 Å². The van der Waals surface area contributed by atoms with Crippen LogP contribution < -0.4 is 5.73 Å². The average Bonchev–Trinajstić information content (AvgIpc) is 2.23. The Bertz CT molecular complexity index is 348. The zero-order valence-electron chi connectivity index (χ0n) is 9.49. The second-order valence-electron chi connectivity index (χ2n) is 4.44. The first-order chi connectivity index (χ1) is 7.18. The highest BCUT2D eigenvalue weighted by Crippen LogP contribution is 2.28. The highest BCUT2D eigenvalue weighted by atomic mass is 16.5. The van der Waals surface area contributed by atoms with Crippen LogP contribution in [0.2, 0.25) is 0 Å². The van der Waals surface area contributed by atoms with Gasteiger partial charge in [-0.2, -0.15) is 0 Å². The Morgan fingerprint density at radius 1 is 1.27 bits per heavy atom. The second kappa shape index (κ2) is 4.33. The van der Waals surface area contributed by atoms with Gasteiger partial charge in [0.05, 0.1) is 6.10 Å². The molecule has 2 rings (SSSR count). The third-order valence-corrected chi connectivity index (χ3v) is 3.23. The van der Waals surface area contributed by atoms with Gasteiger partial charge in [-0.15, -0.1) is 0 Å². The fourth-order valence-corrected chi connectivity index (χ4v) is 2.09. The van der Waals surface area contributed by atoms with E-state index in [0.29, 0.717) is 0 Å². The summed E-state index contributed by atoms with van der Waals surface area (Å²) in [7, 11) is 0. The molecule has 0 amide bonds. The zero-order valence-corrected chi connectivity index (χ0v) is 9.49. The van der Waals surface area contributed by atoms with Crippen LogP contribution in [0, 0.1) is 13.8 Å². The van der Waals surface area contributed by atoms with E-state index in [1.165, 1.54) is 16.7 Å². The first-order valence-electron chi connectivity index (χ1n) is 5.63. The molecule has 2 nitrogen and oxygen atoms in total. The maximum Gasteiger partial charge on any atom is 0.0975 e. The van der Waals surface area contributed by atoms with Crippen molar-refractivity contribution in [1.29, 1.82) is 0 Å². The summed E-state index contributed by atoms with van der Waals surface area (Å²) in [5.41, 5.74) is 9.94. The van der Waals surface area contributed by atoms with Crippen LogP contribution in [-0.2, 0) is 4.74 Å². The Morgan fingerprint density at radius 3 is 2.73 bits per heavy atom. The molecule has 2 atom stereocenters. The van der Waals surface area contributed by atoms with Gasteiger partial charge in [0.2, 0.25) is 0 Å². The lowest BCUT2D eigenvalue weighted by molar-refractivity contribution is 0.000112. The SMILES string of the molecule is Cc1ccc(C2OCCCC2N)cc1C. The molecular weight excluding hydrogens is 186 g/mol. The molecule has 0 radical (unpaired) electrons. The van der Waals surface area contributed by atoms with Crippen molar-refractivity contribution < 1.29 is 4.74 Å². The van der Waals surface area contributed by atoms with E-state index in [9.17, 15) is 0 Å². The summed E-state index contributed by atoms with van der Waals surface area (Å²) in [6.45, 7) is 5.10. The molecule has 15 heavy (non-hydrogen) atoms. The maximum atomic E-state index is 6.07. The zero-order chi connectivity index (χ0) is 10.8. The van der Waals surface area contributed by atoms with Crippen molar-refractivity contribution in [2.24, 2.45) is 5.73 Å². The number of ether oxygens (including phenoxy) is 1. The Morgan fingerprint density at radius 2 is 2.07 bits per heavy atom. The van der Waals surface area contributed by atoms with Crippen molar-refractivity contribution in [1.82, 2.24) is 0 Å². The number of hydrogen-bond acceptors (Lipinski definition) is 2. The van der Waals surface area contributed by atoms with Gasteiger partial charge in [0.25, 0.3) is 0 Å². The van der Waals surface area contributed by atoms with Gasteiger partial charge in [0, 0.05) is 12.6 Å². The molecule has 1 saturated heterocycles. The summed E-state index contributed by atoms with van der Waals surface area (Å²) in [6, 6.07) is 6.64. The topological polar surface area (TPSA) is 35.2 Å². The van der Waals surface area contributed by atoms with Gasteiger partial charge in [-0.05, 0) is 43.4 Å². The van der Waals surface area contributed by atoms with Crippen LogP contribution in [0.3, 0.4) is 0 Å². The smallest absolute Gasteiger partial charge is 0.0975 e. The van der Waals surface area contributed by atoms with Crippen molar-refractivity contribution in [2.45, 2.75) is 38.8 Å². The Balaban J connectivity index is 2.24. The molecule has 1 aromatic carbocycles. The standard InChI is InChI=1S/C13H19NO/c1-9-5-6-11(8-10(9)2)13-12(14)4-3-7-15-13/h5-6,8,12-13H,3-4,7,14H2,1-2H3. The minimum absolute atomic E-state index is 0.0954. The minimum Gasteiger partial charge on any atom is -0.372 e. The van der Waals surface area contributed by atoms with Crippen LogP contribution >= 0.6 is 0 Å². The van der Waals surface area contributed by atoms with Gasteiger partial charge in [0.15, 0.2) is 0 Å². The van der Waals surface area contributed by atoms with Gasteiger partial charge >= 0.3 is 0 Å². The van der Waals surface area contributed by atoms with Crippen LogP contribution in [0.25, 0.3) is 0 Å². The number of rotatable bonds is 1. The van der Waals surface area contributed by atoms with Gasteiger partial charge in [-0.25, -0.2) is 0 Å². The van der Waals surface area contributed by atoms with E-state index in [1.807, 2.05) is 0 Å². The van der Waals surface area contributed by atoms with E-state index in [2.05, 4.69) is 32.0 Å². The first-order valence-corrected chi connectivity index (χ1v) is 5.63. The summed E-state index contributed by atoms with van der Waals surface area (Å²) in [5, 5.41) is 0. The highest BCUT2D eigenvalue weighted by molar-refractivity contribution is 5.31. The number of benzene rings is 1. The Kier molecular flexibility index (Phi) is 3.08. The first kappa shape index (κ1) is 10.7.